The molecular formula is C12H12N2S. The van der Waals surface area contributed by atoms with Crippen LogP contribution in [-0.2, 0) is 12.8 Å². The van der Waals surface area contributed by atoms with Crippen LogP contribution in [-0.4, -0.2) is 9.78 Å². The number of aryl methyl sites for hydroxylation is 2. The van der Waals surface area contributed by atoms with Crippen molar-refractivity contribution in [3.8, 4) is 11.3 Å². The van der Waals surface area contributed by atoms with E-state index in [0.717, 1.165) is 11.4 Å². The van der Waals surface area contributed by atoms with Crippen LogP contribution >= 0.6 is 11.8 Å². The summed E-state index contributed by atoms with van der Waals surface area (Å²) >= 11 is 1.90. The summed E-state index contributed by atoms with van der Waals surface area (Å²) in [6.07, 6.45) is 2.12. The zero-order valence-corrected chi connectivity index (χ0v) is 9.64. The molecule has 3 rings (SSSR count). The molecule has 1 aliphatic rings. The van der Waals surface area contributed by atoms with Gasteiger partial charge in [0.15, 0.2) is 0 Å². The fraction of sp³-hybridized carbons (Fsp3) is 0.250. The fourth-order valence-corrected chi connectivity index (χ4v) is 2.98. The summed E-state index contributed by atoms with van der Waals surface area (Å²) in [4.78, 5) is 1.35. The summed E-state index contributed by atoms with van der Waals surface area (Å²) in [5, 5.41) is 4.54. The topological polar surface area (TPSA) is 17.8 Å². The van der Waals surface area contributed by atoms with Gasteiger partial charge in [0.2, 0.25) is 0 Å². The second kappa shape index (κ2) is 3.14. The van der Waals surface area contributed by atoms with Crippen LogP contribution in [0.1, 0.15) is 11.1 Å². The Kier molecular flexibility index (Phi) is 1.89. The average Bonchev–Trinajstić information content (AvgIpc) is 2.58. The van der Waals surface area contributed by atoms with Gasteiger partial charge in [-0.05, 0) is 19.1 Å². The van der Waals surface area contributed by atoms with Crippen molar-refractivity contribution in [1.29, 1.82) is 0 Å². The van der Waals surface area contributed by atoms with Crippen LogP contribution in [0.15, 0.2) is 29.3 Å². The normalized spacial score (nSPS) is 13.5. The number of hydrogen-bond acceptors (Lipinski definition) is 2. The smallest absolute Gasteiger partial charge is 0.0974 e. The molecule has 15 heavy (non-hydrogen) atoms. The Bertz CT molecular complexity index is 528. The minimum Gasteiger partial charge on any atom is -0.275 e. The number of nitrogens with zero attached hydrogens (tertiary/aromatic N) is 2. The Morgan fingerprint density at radius 3 is 3.13 bits per heavy atom. The number of rotatable bonds is 0. The molecule has 76 valence electrons. The van der Waals surface area contributed by atoms with Crippen molar-refractivity contribution >= 4 is 11.8 Å². The van der Waals surface area contributed by atoms with Crippen LogP contribution in [0.25, 0.3) is 11.3 Å². The lowest BCUT2D eigenvalue weighted by molar-refractivity contribution is 0.770. The Morgan fingerprint density at radius 2 is 2.27 bits per heavy atom. The van der Waals surface area contributed by atoms with Crippen molar-refractivity contribution in [3.05, 3.63) is 35.5 Å². The number of aromatic nitrogens is 2. The number of thioether (sulfide) groups is 1. The van der Waals surface area contributed by atoms with E-state index < -0.39 is 0 Å². The lowest BCUT2D eigenvalue weighted by atomic mass is 10.1. The summed E-state index contributed by atoms with van der Waals surface area (Å²) in [6.45, 7) is 2.13. The molecule has 0 atom stereocenters. The van der Waals surface area contributed by atoms with E-state index in [1.807, 2.05) is 23.5 Å². The van der Waals surface area contributed by atoms with Crippen LogP contribution in [0.5, 0.6) is 0 Å². The third kappa shape index (κ3) is 1.38. The van der Waals surface area contributed by atoms with Gasteiger partial charge < -0.3 is 0 Å². The Morgan fingerprint density at radius 1 is 1.40 bits per heavy atom. The predicted octanol–water partition coefficient (Wildman–Crippen LogP) is 3.00. The van der Waals surface area contributed by atoms with Crippen molar-refractivity contribution in [2.24, 2.45) is 7.05 Å². The Labute approximate surface area is 93.3 Å². The van der Waals surface area contributed by atoms with E-state index in [9.17, 15) is 0 Å². The molecule has 1 aromatic heterocycles. The maximum absolute atomic E-state index is 4.54. The highest BCUT2D eigenvalue weighted by atomic mass is 32.2. The molecule has 0 unspecified atom stereocenters. The van der Waals surface area contributed by atoms with E-state index in [0.29, 0.717) is 0 Å². The second-order valence-electron chi connectivity index (χ2n) is 3.96. The predicted molar refractivity (Wildman–Crippen MR) is 62.9 cm³/mol. The first kappa shape index (κ1) is 9.04. The van der Waals surface area contributed by atoms with Crippen molar-refractivity contribution in [1.82, 2.24) is 9.78 Å². The van der Waals surface area contributed by atoms with Crippen LogP contribution in [0.3, 0.4) is 0 Å². The van der Waals surface area contributed by atoms with Gasteiger partial charge in [0.05, 0.1) is 5.69 Å². The number of fused-ring (bicyclic) bond motifs is 3. The minimum atomic E-state index is 1.04. The summed E-state index contributed by atoms with van der Waals surface area (Å²) in [5.74, 6) is 1.04. The first-order chi connectivity index (χ1) is 7.24. The van der Waals surface area contributed by atoms with E-state index in [1.54, 1.807) is 0 Å². The average molecular weight is 216 g/mol. The van der Waals surface area contributed by atoms with Gasteiger partial charge in [-0.2, -0.15) is 5.10 Å². The minimum absolute atomic E-state index is 1.04. The molecule has 0 N–H and O–H groups in total. The molecule has 1 aromatic carbocycles. The summed E-state index contributed by atoms with van der Waals surface area (Å²) in [6, 6.07) is 6.60. The van der Waals surface area contributed by atoms with Crippen molar-refractivity contribution < 1.29 is 0 Å². The molecule has 2 heterocycles. The standard InChI is InChI=1S/C12H12N2S/c1-8-3-4-11-10(5-8)12-9(7-15-11)6-14(2)13-12/h3-6H,7H2,1-2H3. The van der Waals surface area contributed by atoms with E-state index in [4.69, 9.17) is 0 Å². The molecule has 0 aliphatic carbocycles. The van der Waals surface area contributed by atoms with E-state index in [2.05, 4.69) is 36.4 Å². The maximum atomic E-state index is 4.54. The Balaban J connectivity index is 2.27. The maximum Gasteiger partial charge on any atom is 0.0974 e. The van der Waals surface area contributed by atoms with Crippen LogP contribution in [0.2, 0.25) is 0 Å². The van der Waals surface area contributed by atoms with Crippen molar-refractivity contribution in [2.45, 2.75) is 17.6 Å². The molecule has 3 heteroatoms. The lowest BCUT2D eigenvalue weighted by Crippen LogP contribution is -1.94. The highest BCUT2D eigenvalue weighted by Gasteiger charge is 2.19. The molecule has 0 saturated carbocycles. The van der Waals surface area contributed by atoms with E-state index >= 15 is 0 Å². The summed E-state index contributed by atoms with van der Waals surface area (Å²) < 4.78 is 1.91. The van der Waals surface area contributed by atoms with Crippen LogP contribution in [0, 0.1) is 6.92 Å². The molecule has 0 saturated heterocycles. The second-order valence-corrected chi connectivity index (χ2v) is 4.98. The van der Waals surface area contributed by atoms with Crippen LogP contribution < -0.4 is 0 Å². The van der Waals surface area contributed by atoms with Gasteiger partial charge in [0.1, 0.15) is 0 Å². The first-order valence-electron chi connectivity index (χ1n) is 5.00. The first-order valence-corrected chi connectivity index (χ1v) is 5.99. The largest absolute Gasteiger partial charge is 0.275 e. The highest BCUT2D eigenvalue weighted by Crippen LogP contribution is 2.40. The van der Waals surface area contributed by atoms with Gasteiger partial charge in [-0.3, -0.25) is 4.68 Å². The van der Waals surface area contributed by atoms with Gasteiger partial charge in [0, 0.05) is 35.0 Å². The van der Waals surface area contributed by atoms with Gasteiger partial charge in [-0.15, -0.1) is 11.8 Å². The highest BCUT2D eigenvalue weighted by molar-refractivity contribution is 7.98. The number of benzene rings is 1. The van der Waals surface area contributed by atoms with Gasteiger partial charge in [0.25, 0.3) is 0 Å². The summed E-state index contributed by atoms with van der Waals surface area (Å²) in [7, 11) is 1.98. The summed E-state index contributed by atoms with van der Waals surface area (Å²) in [5.41, 5.74) is 5.10. The van der Waals surface area contributed by atoms with E-state index in [-0.39, 0.29) is 0 Å². The zero-order chi connectivity index (χ0) is 10.4. The van der Waals surface area contributed by atoms with E-state index in [1.165, 1.54) is 21.6 Å². The molecule has 0 radical (unpaired) electrons. The van der Waals surface area contributed by atoms with Crippen LogP contribution in [0.4, 0.5) is 0 Å². The third-order valence-corrected chi connectivity index (χ3v) is 3.80. The quantitative estimate of drug-likeness (QED) is 0.673. The number of hydrogen-bond donors (Lipinski definition) is 0. The zero-order valence-electron chi connectivity index (χ0n) is 8.82. The third-order valence-electron chi connectivity index (χ3n) is 2.68. The molecule has 0 amide bonds. The van der Waals surface area contributed by atoms with Gasteiger partial charge in [-0.1, -0.05) is 11.6 Å². The molecule has 1 aliphatic heterocycles. The molecule has 0 fully saturated rings. The molecule has 2 nitrogen and oxygen atoms in total. The molecule has 0 spiro atoms. The monoisotopic (exact) mass is 216 g/mol. The Hall–Kier alpha value is -1.22. The SMILES string of the molecule is Cc1ccc2c(c1)-c1nn(C)cc1CS2. The van der Waals surface area contributed by atoms with Gasteiger partial charge >= 0.3 is 0 Å². The van der Waals surface area contributed by atoms with Crippen molar-refractivity contribution in [2.75, 3.05) is 0 Å². The molecule has 2 aromatic rings. The fourth-order valence-electron chi connectivity index (χ4n) is 1.98. The lowest BCUT2D eigenvalue weighted by Gasteiger charge is -2.14. The van der Waals surface area contributed by atoms with Gasteiger partial charge in [-0.25, -0.2) is 0 Å². The molecular weight excluding hydrogens is 204 g/mol. The molecule has 0 bridgehead atoms. The van der Waals surface area contributed by atoms with Crippen molar-refractivity contribution in [3.63, 3.8) is 0 Å².